The molecule has 0 radical (unpaired) electrons. The first-order chi connectivity index (χ1) is 14.1. The molecule has 2 aromatic heterocycles. The first kappa shape index (κ1) is 21.2. The van der Waals surface area contributed by atoms with E-state index in [1.165, 1.54) is 17.7 Å². The van der Waals surface area contributed by atoms with Crippen molar-refractivity contribution < 1.29 is 9.59 Å². The summed E-state index contributed by atoms with van der Waals surface area (Å²) < 4.78 is 3.23. The third kappa shape index (κ3) is 4.56. The Morgan fingerprint density at radius 1 is 1.07 bits per heavy atom. The zero-order chi connectivity index (χ0) is 22.1. The van der Waals surface area contributed by atoms with Gasteiger partial charge in [-0.1, -0.05) is 0 Å². The lowest BCUT2D eigenvalue weighted by Gasteiger charge is -2.20. The summed E-state index contributed by atoms with van der Waals surface area (Å²) in [6.07, 6.45) is 1.65. The minimum absolute atomic E-state index is 0.120. The van der Waals surface area contributed by atoms with Crippen molar-refractivity contribution in [3.05, 3.63) is 46.6 Å². The van der Waals surface area contributed by atoms with Crippen LogP contribution in [-0.2, 0) is 21.7 Å². The molecule has 0 aliphatic heterocycles. The van der Waals surface area contributed by atoms with Gasteiger partial charge in [0.15, 0.2) is 5.65 Å². The summed E-state index contributed by atoms with van der Waals surface area (Å²) in [6.45, 7) is 9.38. The first-order valence-corrected chi connectivity index (χ1v) is 9.69. The van der Waals surface area contributed by atoms with Crippen molar-refractivity contribution in [2.45, 2.75) is 53.1 Å². The van der Waals surface area contributed by atoms with Crippen molar-refractivity contribution in [1.82, 2.24) is 19.3 Å². The quantitative estimate of drug-likeness (QED) is 0.672. The van der Waals surface area contributed by atoms with Gasteiger partial charge in [0.25, 0.3) is 5.56 Å². The summed E-state index contributed by atoms with van der Waals surface area (Å²) in [7, 11) is 0. The van der Waals surface area contributed by atoms with Crippen LogP contribution in [-0.4, -0.2) is 31.1 Å². The molecule has 2 amide bonds. The van der Waals surface area contributed by atoms with Gasteiger partial charge >= 0.3 is 0 Å². The molecule has 0 atom stereocenters. The number of carbonyl (C=O) groups excluding carboxylic acids is 2. The van der Waals surface area contributed by atoms with Crippen LogP contribution in [0.3, 0.4) is 0 Å². The Kier molecular flexibility index (Phi) is 5.73. The Morgan fingerprint density at radius 2 is 1.67 bits per heavy atom. The van der Waals surface area contributed by atoms with Crippen LogP contribution >= 0.6 is 0 Å². The Balaban J connectivity index is 1.71. The predicted molar refractivity (Wildman–Crippen MR) is 116 cm³/mol. The minimum atomic E-state index is -0.296. The molecular weight excluding hydrogens is 384 g/mol. The number of hydrogen-bond donors (Lipinski definition) is 2. The maximum Gasteiger partial charge on any atom is 0.264 e. The maximum absolute atomic E-state index is 12.9. The van der Waals surface area contributed by atoms with E-state index < -0.39 is 0 Å². The van der Waals surface area contributed by atoms with E-state index in [1.807, 2.05) is 20.8 Å². The van der Waals surface area contributed by atoms with Crippen LogP contribution in [0, 0.1) is 6.92 Å². The summed E-state index contributed by atoms with van der Waals surface area (Å²) >= 11 is 0. The van der Waals surface area contributed by atoms with E-state index in [1.54, 1.807) is 35.9 Å². The zero-order valence-electron chi connectivity index (χ0n) is 17.8. The van der Waals surface area contributed by atoms with Gasteiger partial charge in [-0.2, -0.15) is 5.10 Å². The third-order valence-corrected chi connectivity index (χ3v) is 4.56. The Labute approximate surface area is 174 Å². The van der Waals surface area contributed by atoms with E-state index >= 15 is 0 Å². The monoisotopic (exact) mass is 410 g/mol. The highest BCUT2D eigenvalue weighted by molar-refractivity contribution is 5.92. The SMILES string of the molecule is CC(=O)Nc1ccc(NC(=O)CCn2c(C)nc3c(cnn3C(C)(C)C)c2=O)cc1. The van der Waals surface area contributed by atoms with Gasteiger partial charge in [0.1, 0.15) is 11.2 Å². The number of fused-ring (bicyclic) bond motifs is 1. The molecule has 0 unspecified atom stereocenters. The summed E-state index contributed by atoms with van der Waals surface area (Å²) in [4.78, 5) is 40.8. The van der Waals surface area contributed by atoms with Crippen LogP contribution in [0.4, 0.5) is 11.4 Å². The van der Waals surface area contributed by atoms with E-state index in [4.69, 9.17) is 0 Å². The first-order valence-electron chi connectivity index (χ1n) is 9.69. The summed E-state index contributed by atoms with van der Waals surface area (Å²) in [6, 6.07) is 6.82. The molecule has 0 fully saturated rings. The second kappa shape index (κ2) is 8.10. The van der Waals surface area contributed by atoms with Gasteiger partial charge in [-0.25, -0.2) is 9.67 Å². The average molecular weight is 410 g/mol. The second-order valence-corrected chi connectivity index (χ2v) is 8.14. The third-order valence-electron chi connectivity index (χ3n) is 4.56. The topological polar surface area (TPSA) is 111 Å². The summed E-state index contributed by atoms with van der Waals surface area (Å²) in [5, 5.41) is 10.2. The Hall–Kier alpha value is -3.49. The fraction of sp³-hybridized carbons (Fsp3) is 0.381. The number of hydrogen-bond acceptors (Lipinski definition) is 5. The predicted octanol–water partition coefficient (Wildman–Crippen LogP) is 2.64. The van der Waals surface area contributed by atoms with Crippen molar-refractivity contribution >= 4 is 34.2 Å². The lowest BCUT2D eigenvalue weighted by atomic mass is 10.1. The van der Waals surface area contributed by atoms with Crippen LogP contribution in [0.2, 0.25) is 0 Å². The lowest BCUT2D eigenvalue weighted by Crippen LogP contribution is -2.28. The summed E-state index contributed by atoms with van der Waals surface area (Å²) in [5.74, 6) is 0.149. The van der Waals surface area contributed by atoms with Crippen molar-refractivity contribution in [2.75, 3.05) is 10.6 Å². The number of nitrogens with one attached hydrogen (secondary N) is 2. The number of amides is 2. The van der Waals surface area contributed by atoms with E-state index in [9.17, 15) is 14.4 Å². The molecule has 30 heavy (non-hydrogen) atoms. The highest BCUT2D eigenvalue weighted by Crippen LogP contribution is 2.18. The van der Waals surface area contributed by atoms with E-state index in [0.717, 1.165) is 0 Å². The van der Waals surface area contributed by atoms with Crippen molar-refractivity contribution in [1.29, 1.82) is 0 Å². The molecule has 9 nitrogen and oxygen atoms in total. The fourth-order valence-corrected chi connectivity index (χ4v) is 3.14. The van der Waals surface area contributed by atoms with Gasteiger partial charge in [-0.15, -0.1) is 0 Å². The van der Waals surface area contributed by atoms with Crippen molar-refractivity contribution in [3.8, 4) is 0 Å². The number of rotatable bonds is 5. The minimum Gasteiger partial charge on any atom is -0.326 e. The highest BCUT2D eigenvalue weighted by atomic mass is 16.2. The number of aromatic nitrogens is 4. The molecule has 158 valence electrons. The normalized spacial score (nSPS) is 11.5. The average Bonchev–Trinajstić information content (AvgIpc) is 3.07. The second-order valence-electron chi connectivity index (χ2n) is 8.14. The van der Waals surface area contributed by atoms with Crippen LogP contribution in [0.15, 0.2) is 35.3 Å². The number of nitrogens with zero attached hydrogens (tertiary/aromatic N) is 4. The van der Waals surface area contributed by atoms with Gasteiger partial charge < -0.3 is 10.6 Å². The van der Waals surface area contributed by atoms with Crippen molar-refractivity contribution in [3.63, 3.8) is 0 Å². The number of benzene rings is 1. The van der Waals surface area contributed by atoms with Gasteiger partial charge in [0, 0.05) is 31.3 Å². The maximum atomic E-state index is 12.9. The number of carbonyl (C=O) groups is 2. The van der Waals surface area contributed by atoms with Crippen LogP contribution in [0.5, 0.6) is 0 Å². The van der Waals surface area contributed by atoms with Crippen LogP contribution in [0.25, 0.3) is 11.0 Å². The molecule has 0 saturated carbocycles. The van der Waals surface area contributed by atoms with E-state index in [2.05, 4.69) is 20.7 Å². The molecule has 0 aliphatic rings. The number of anilines is 2. The molecule has 2 heterocycles. The highest BCUT2D eigenvalue weighted by Gasteiger charge is 2.21. The molecule has 0 bridgehead atoms. The molecule has 0 aliphatic carbocycles. The smallest absolute Gasteiger partial charge is 0.264 e. The fourth-order valence-electron chi connectivity index (χ4n) is 3.14. The molecular formula is C21H26N6O3. The largest absolute Gasteiger partial charge is 0.326 e. The number of aryl methyl sites for hydroxylation is 1. The molecule has 0 saturated heterocycles. The Bertz CT molecular complexity index is 1150. The lowest BCUT2D eigenvalue weighted by molar-refractivity contribution is -0.116. The molecule has 3 rings (SSSR count). The van der Waals surface area contributed by atoms with E-state index in [0.29, 0.717) is 28.2 Å². The van der Waals surface area contributed by atoms with Gasteiger partial charge in [0.2, 0.25) is 11.8 Å². The molecule has 1 aromatic carbocycles. The zero-order valence-corrected chi connectivity index (χ0v) is 17.8. The van der Waals surface area contributed by atoms with Gasteiger partial charge in [-0.05, 0) is 52.0 Å². The van der Waals surface area contributed by atoms with E-state index in [-0.39, 0.29) is 35.9 Å². The molecule has 9 heteroatoms. The van der Waals surface area contributed by atoms with Gasteiger partial charge in [0.05, 0.1) is 11.7 Å². The molecule has 2 N–H and O–H groups in total. The van der Waals surface area contributed by atoms with Crippen LogP contribution in [0.1, 0.15) is 39.9 Å². The van der Waals surface area contributed by atoms with Crippen molar-refractivity contribution in [2.24, 2.45) is 0 Å². The molecule has 3 aromatic rings. The Morgan fingerprint density at radius 3 is 2.23 bits per heavy atom. The summed E-state index contributed by atoms with van der Waals surface area (Å²) in [5.41, 5.74) is 1.30. The molecule has 0 spiro atoms. The van der Waals surface area contributed by atoms with Gasteiger partial charge in [-0.3, -0.25) is 19.0 Å². The van der Waals surface area contributed by atoms with Crippen LogP contribution < -0.4 is 16.2 Å². The standard InChI is InChI=1S/C21H26N6O3/c1-13-23-19-17(12-22-27(19)21(3,4)5)20(30)26(13)11-10-18(29)25-16-8-6-15(7-9-16)24-14(2)28/h6-9,12H,10-11H2,1-5H3,(H,24,28)(H,25,29).